The van der Waals surface area contributed by atoms with Crippen molar-refractivity contribution >= 4 is 44.7 Å². The Kier molecular flexibility index (Phi) is 4.27. The van der Waals surface area contributed by atoms with Gasteiger partial charge >= 0.3 is 5.97 Å². The van der Waals surface area contributed by atoms with Gasteiger partial charge in [-0.1, -0.05) is 0 Å². The monoisotopic (exact) mass is 348 g/mol. The van der Waals surface area contributed by atoms with Crippen molar-refractivity contribution < 1.29 is 9.53 Å². The van der Waals surface area contributed by atoms with Gasteiger partial charge in [-0.15, -0.1) is 22.7 Å². The third kappa shape index (κ3) is 3.04. The fraction of sp³-hybridized carbons (Fsp3) is 0.333. The van der Waals surface area contributed by atoms with Gasteiger partial charge in [0.15, 0.2) is 0 Å². The summed E-state index contributed by atoms with van der Waals surface area (Å²) in [5.74, 6) is 1.06. The lowest BCUT2D eigenvalue weighted by atomic mass is 10.2. The lowest BCUT2D eigenvalue weighted by Crippen LogP contribution is -2.03. The van der Waals surface area contributed by atoms with Gasteiger partial charge in [0.25, 0.3) is 0 Å². The number of carbonyl (C=O) groups is 1. The number of thiazole rings is 1. The van der Waals surface area contributed by atoms with Crippen molar-refractivity contribution in [3.63, 3.8) is 0 Å². The first-order chi connectivity index (χ1) is 11.0. The minimum Gasteiger partial charge on any atom is -0.465 e. The molecule has 0 bridgehead atoms. The summed E-state index contributed by atoms with van der Waals surface area (Å²) in [5.41, 5.74) is 0.847. The van der Waals surface area contributed by atoms with Gasteiger partial charge in [0.05, 0.1) is 24.0 Å². The Hall–Kier alpha value is -2.06. The van der Waals surface area contributed by atoms with E-state index in [0.717, 1.165) is 31.5 Å². The predicted molar refractivity (Wildman–Crippen MR) is 92.4 cm³/mol. The van der Waals surface area contributed by atoms with Gasteiger partial charge in [0.2, 0.25) is 0 Å². The van der Waals surface area contributed by atoms with Crippen LogP contribution >= 0.6 is 22.7 Å². The summed E-state index contributed by atoms with van der Waals surface area (Å²) >= 11 is 2.98. The fourth-order valence-corrected chi connectivity index (χ4v) is 4.20. The van der Waals surface area contributed by atoms with Gasteiger partial charge in [-0.25, -0.2) is 19.7 Å². The Morgan fingerprint density at radius 1 is 1.26 bits per heavy atom. The molecule has 3 aromatic heterocycles. The number of hydrogen-bond donors (Lipinski definition) is 1. The molecule has 0 spiro atoms. The van der Waals surface area contributed by atoms with Crippen LogP contribution in [0.4, 0.5) is 5.82 Å². The second-order valence-electron chi connectivity index (χ2n) is 5.05. The Morgan fingerprint density at radius 3 is 2.70 bits per heavy atom. The van der Waals surface area contributed by atoms with Crippen molar-refractivity contribution in [2.45, 2.75) is 27.3 Å². The van der Waals surface area contributed by atoms with E-state index in [1.807, 2.05) is 27.0 Å². The van der Waals surface area contributed by atoms with E-state index >= 15 is 0 Å². The second-order valence-corrected chi connectivity index (χ2v) is 7.36. The molecule has 0 radical (unpaired) electrons. The number of fused-ring (bicyclic) bond motifs is 1. The van der Waals surface area contributed by atoms with Crippen LogP contribution in [-0.2, 0) is 11.3 Å². The van der Waals surface area contributed by atoms with Crippen LogP contribution in [0.2, 0.25) is 0 Å². The van der Waals surface area contributed by atoms with E-state index in [-0.39, 0.29) is 5.97 Å². The first-order valence-electron chi connectivity index (χ1n) is 7.01. The molecule has 0 amide bonds. The third-order valence-electron chi connectivity index (χ3n) is 3.37. The lowest BCUT2D eigenvalue weighted by molar-refractivity contribution is 0.0605. The Labute approximate surface area is 141 Å². The molecule has 6 nitrogen and oxygen atoms in total. The van der Waals surface area contributed by atoms with Gasteiger partial charge < -0.3 is 10.1 Å². The SMILES string of the molecule is COC(=O)c1sc2nc(C)nc(NCc3cnc(C)s3)c2c1C. The van der Waals surface area contributed by atoms with E-state index in [4.69, 9.17) is 4.74 Å². The van der Waals surface area contributed by atoms with Crippen LogP contribution in [0.5, 0.6) is 0 Å². The molecule has 0 aromatic carbocycles. The average Bonchev–Trinajstić information content (AvgIpc) is 3.08. The summed E-state index contributed by atoms with van der Waals surface area (Å²) in [5, 5.41) is 5.25. The van der Waals surface area contributed by atoms with Crippen molar-refractivity contribution in [2.24, 2.45) is 0 Å². The maximum absolute atomic E-state index is 11.9. The molecule has 0 fully saturated rings. The molecule has 3 rings (SSSR count). The summed E-state index contributed by atoms with van der Waals surface area (Å²) in [6.45, 7) is 6.35. The maximum atomic E-state index is 11.9. The topological polar surface area (TPSA) is 77.0 Å². The zero-order chi connectivity index (χ0) is 16.6. The number of nitrogens with zero attached hydrogens (tertiary/aromatic N) is 3. The molecule has 0 aliphatic rings. The number of carbonyl (C=O) groups excluding carboxylic acids is 1. The van der Waals surface area contributed by atoms with Crippen molar-refractivity contribution in [3.05, 3.63) is 32.3 Å². The molecule has 8 heteroatoms. The highest BCUT2D eigenvalue weighted by Crippen LogP contribution is 2.34. The fourth-order valence-electron chi connectivity index (χ4n) is 2.32. The molecular weight excluding hydrogens is 332 g/mol. The third-order valence-corrected chi connectivity index (χ3v) is 5.45. The molecule has 1 N–H and O–H groups in total. The van der Waals surface area contributed by atoms with E-state index in [1.54, 1.807) is 11.3 Å². The zero-order valence-corrected chi connectivity index (χ0v) is 14.9. The number of aromatic nitrogens is 3. The Bertz CT molecular complexity index is 885. The highest BCUT2D eigenvalue weighted by Gasteiger charge is 2.20. The minimum atomic E-state index is -0.341. The number of nitrogens with one attached hydrogen (secondary N) is 1. The first kappa shape index (κ1) is 15.8. The van der Waals surface area contributed by atoms with Crippen molar-refractivity contribution in [3.8, 4) is 0 Å². The van der Waals surface area contributed by atoms with Crippen LogP contribution in [0, 0.1) is 20.8 Å². The highest BCUT2D eigenvalue weighted by molar-refractivity contribution is 7.20. The quantitative estimate of drug-likeness (QED) is 0.728. The number of hydrogen-bond acceptors (Lipinski definition) is 8. The number of ether oxygens (including phenoxy) is 1. The smallest absolute Gasteiger partial charge is 0.348 e. The average molecular weight is 348 g/mol. The molecule has 0 atom stereocenters. The molecule has 0 saturated heterocycles. The first-order valence-corrected chi connectivity index (χ1v) is 8.64. The molecule has 0 unspecified atom stereocenters. The number of thiophene rings is 1. The highest BCUT2D eigenvalue weighted by atomic mass is 32.1. The molecule has 0 aliphatic carbocycles. The number of esters is 1. The normalized spacial score (nSPS) is 11.0. The zero-order valence-electron chi connectivity index (χ0n) is 13.3. The van der Waals surface area contributed by atoms with E-state index in [0.29, 0.717) is 17.2 Å². The molecule has 120 valence electrons. The Morgan fingerprint density at radius 2 is 2.04 bits per heavy atom. The minimum absolute atomic E-state index is 0.341. The molecule has 0 saturated carbocycles. The van der Waals surface area contributed by atoms with E-state index < -0.39 is 0 Å². The van der Waals surface area contributed by atoms with Gasteiger partial charge in [-0.2, -0.15) is 0 Å². The Balaban J connectivity index is 2.01. The van der Waals surface area contributed by atoms with Gasteiger partial charge in [0, 0.05) is 11.1 Å². The van der Waals surface area contributed by atoms with Crippen LogP contribution in [0.15, 0.2) is 6.20 Å². The van der Waals surface area contributed by atoms with Crippen molar-refractivity contribution in [2.75, 3.05) is 12.4 Å². The van der Waals surface area contributed by atoms with Crippen molar-refractivity contribution in [1.82, 2.24) is 15.0 Å². The number of aryl methyl sites for hydroxylation is 3. The van der Waals surface area contributed by atoms with Crippen LogP contribution < -0.4 is 5.32 Å². The molecule has 3 heterocycles. The maximum Gasteiger partial charge on any atom is 0.348 e. The number of rotatable bonds is 4. The molecule has 0 aliphatic heterocycles. The van der Waals surface area contributed by atoms with Gasteiger partial charge in [0.1, 0.15) is 21.3 Å². The predicted octanol–water partition coefficient (Wildman–Crippen LogP) is 3.47. The number of methoxy groups -OCH3 is 1. The second kappa shape index (κ2) is 6.21. The molecule has 3 aromatic rings. The van der Waals surface area contributed by atoms with Crippen LogP contribution in [0.1, 0.15) is 30.9 Å². The molecule has 23 heavy (non-hydrogen) atoms. The summed E-state index contributed by atoms with van der Waals surface area (Å²) < 4.78 is 4.85. The lowest BCUT2D eigenvalue weighted by Gasteiger charge is -2.07. The summed E-state index contributed by atoms with van der Waals surface area (Å²) in [7, 11) is 1.38. The molecular formula is C15H16N4O2S2. The van der Waals surface area contributed by atoms with Crippen LogP contribution in [0.25, 0.3) is 10.2 Å². The van der Waals surface area contributed by atoms with Gasteiger partial charge in [-0.05, 0) is 26.3 Å². The number of anilines is 1. The summed E-state index contributed by atoms with van der Waals surface area (Å²) in [6, 6.07) is 0. The summed E-state index contributed by atoms with van der Waals surface area (Å²) in [6.07, 6.45) is 1.86. The van der Waals surface area contributed by atoms with Gasteiger partial charge in [-0.3, -0.25) is 0 Å². The van der Waals surface area contributed by atoms with Crippen molar-refractivity contribution in [1.29, 1.82) is 0 Å². The van der Waals surface area contributed by atoms with E-state index in [9.17, 15) is 4.79 Å². The summed E-state index contributed by atoms with van der Waals surface area (Å²) in [4.78, 5) is 27.6. The van der Waals surface area contributed by atoms with E-state index in [2.05, 4.69) is 20.3 Å². The van der Waals surface area contributed by atoms with Crippen LogP contribution in [0.3, 0.4) is 0 Å². The van der Waals surface area contributed by atoms with E-state index in [1.165, 1.54) is 18.4 Å². The standard InChI is InChI=1S/C15H16N4O2S2/c1-7-11-13(17-6-10-5-16-9(3)22-10)18-8(2)19-14(11)23-12(7)15(20)21-4/h5H,6H2,1-4H3,(H,17,18,19). The largest absolute Gasteiger partial charge is 0.465 e. The van der Waals surface area contributed by atoms with Crippen LogP contribution in [-0.4, -0.2) is 28.0 Å².